The Morgan fingerprint density at radius 1 is 1.05 bits per heavy atom. The first kappa shape index (κ1) is 15.3. The van der Waals surface area contributed by atoms with Gasteiger partial charge in [-0.3, -0.25) is 0 Å². The summed E-state index contributed by atoms with van der Waals surface area (Å²) in [5.41, 5.74) is 0.236. The minimum Gasteiger partial charge on any atom is -0.396 e. The van der Waals surface area contributed by atoms with Crippen molar-refractivity contribution >= 4 is 0 Å². The van der Waals surface area contributed by atoms with Crippen molar-refractivity contribution in [3.05, 3.63) is 35.1 Å². The number of rotatable bonds is 5. The Bertz CT molecular complexity index is 435. The molecule has 2 nitrogen and oxygen atoms in total. The maximum atomic E-state index is 13.1. The second-order valence-electron chi connectivity index (χ2n) is 5.70. The summed E-state index contributed by atoms with van der Waals surface area (Å²) in [5, 5.41) is 12.7. The summed E-state index contributed by atoms with van der Waals surface area (Å²) in [6.07, 6.45) is 5.31. The molecule has 2 N–H and O–H groups in total. The molecule has 1 aromatic carbocycles. The highest BCUT2D eigenvalue weighted by atomic mass is 19.2. The van der Waals surface area contributed by atoms with E-state index in [0.29, 0.717) is 12.1 Å². The Morgan fingerprint density at radius 2 is 1.65 bits per heavy atom. The highest BCUT2D eigenvalue weighted by Gasteiger charge is 2.30. The van der Waals surface area contributed by atoms with Crippen molar-refractivity contribution in [1.82, 2.24) is 5.32 Å². The van der Waals surface area contributed by atoms with Gasteiger partial charge in [-0.15, -0.1) is 0 Å². The van der Waals surface area contributed by atoms with Crippen molar-refractivity contribution in [2.24, 2.45) is 5.41 Å². The van der Waals surface area contributed by atoms with Gasteiger partial charge in [-0.1, -0.05) is 19.3 Å². The van der Waals surface area contributed by atoms with Gasteiger partial charge in [0.05, 0.1) is 0 Å². The van der Waals surface area contributed by atoms with E-state index in [-0.39, 0.29) is 18.6 Å². The summed E-state index contributed by atoms with van der Waals surface area (Å²) in [7, 11) is 0. The van der Waals surface area contributed by atoms with Crippen LogP contribution >= 0.6 is 0 Å². The van der Waals surface area contributed by atoms with Crippen LogP contribution in [0, 0.1) is 22.9 Å². The predicted molar refractivity (Wildman–Crippen MR) is 70.6 cm³/mol. The monoisotopic (exact) mass is 287 g/mol. The third-order valence-electron chi connectivity index (χ3n) is 4.12. The van der Waals surface area contributed by atoms with E-state index in [9.17, 15) is 18.3 Å². The largest absolute Gasteiger partial charge is 0.396 e. The van der Waals surface area contributed by atoms with Crippen LogP contribution in [-0.2, 0) is 6.54 Å². The van der Waals surface area contributed by atoms with Crippen molar-refractivity contribution in [1.29, 1.82) is 0 Å². The van der Waals surface area contributed by atoms with Gasteiger partial charge in [0.1, 0.15) is 0 Å². The molecular formula is C15H20F3NO. The molecule has 0 unspecified atom stereocenters. The Labute approximate surface area is 117 Å². The van der Waals surface area contributed by atoms with E-state index in [1.54, 1.807) is 0 Å². The highest BCUT2D eigenvalue weighted by molar-refractivity contribution is 5.19. The van der Waals surface area contributed by atoms with E-state index in [2.05, 4.69) is 5.32 Å². The summed E-state index contributed by atoms with van der Waals surface area (Å²) >= 11 is 0. The van der Waals surface area contributed by atoms with Crippen LogP contribution in [0.5, 0.6) is 0 Å². The minimum atomic E-state index is -1.44. The van der Waals surface area contributed by atoms with Crippen LogP contribution in [0.25, 0.3) is 0 Å². The molecule has 0 bridgehead atoms. The van der Waals surface area contributed by atoms with Crippen molar-refractivity contribution < 1.29 is 18.3 Å². The maximum absolute atomic E-state index is 13.1. The van der Waals surface area contributed by atoms with Crippen molar-refractivity contribution in [3.63, 3.8) is 0 Å². The van der Waals surface area contributed by atoms with Crippen LogP contribution in [0.4, 0.5) is 13.2 Å². The Hall–Kier alpha value is -1.07. The standard InChI is InChI=1S/C15H20F3NO/c16-12-6-11(7-13(17)14(12)18)8-19-9-15(10-20)4-2-1-3-5-15/h6-7,19-20H,1-5,8-10H2. The highest BCUT2D eigenvalue weighted by Crippen LogP contribution is 2.35. The molecule has 0 heterocycles. The van der Waals surface area contributed by atoms with Crippen LogP contribution in [-0.4, -0.2) is 18.3 Å². The number of aliphatic hydroxyl groups is 1. The summed E-state index contributed by atoms with van der Waals surface area (Å²) in [4.78, 5) is 0. The molecule has 1 fully saturated rings. The number of aliphatic hydroxyl groups excluding tert-OH is 1. The van der Waals surface area contributed by atoms with Crippen molar-refractivity contribution in [2.45, 2.75) is 38.6 Å². The number of hydrogen-bond donors (Lipinski definition) is 2. The lowest BCUT2D eigenvalue weighted by Crippen LogP contribution is -2.38. The second kappa shape index (κ2) is 6.59. The summed E-state index contributed by atoms with van der Waals surface area (Å²) < 4.78 is 39.0. The fourth-order valence-electron chi connectivity index (χ4n) is 2.87. The molecule has 0 aliphatic heterocycles. The third-order valence-corrected chi connectivity index (χ3v) is 4.12. The number of benzene rings is 1. The zero-order valence-corrected chi connectivity index (χ0v) is 11.4. The third kappa shape index (κ3) is 3.52. The molecule has 0 amide bonds. The summed E-state index contributed by atoms with van der Waals surface area (Å²) in [6.45, 7) is 0.978. The van der Waals surface area contributed by atoms with Gasteiger partial charge in [0.25, 0.3) is 0 Å². The molecular weight excluding hydrogens is 267 g/mol. The second-order valence-corrected chi connectivity index (χ2v) is 5.70. The lowest BCUT2D eigenvalue weighted by atomic mass is 9.74. The molecule has 0 aromatic heterocycles. The van der Waals surface area contributed by atoms with Crippen molar-refractivity contribution in [3.8, 4) is 0 Å². The lowest BCUT2D eigenvalue weighted by molar-refractivity contribution is 0.0810. The molecule has 0 radical (unpaired) electrons. The van der Waals surface area contributed by atoms with Gasteiger partial charge in [0.15, 0.2) is 17.5 Å². The Kier molecular flexibility index (Phi) is 5.05. The summed E-state index contributed by atoms with van der Waals surface area (Å²) in [6, 6.07) is 2.00. The normalized spacial score (nSPS) is 18.2. The van der Waals surface area contributed by atoms with Gasteiger partial charge in [-0.05, 0) is 30.5 Å². The van der Waals surface area contributed by atoms with Crippen LogP contribution < -0.4 is 5.32 Å². The molecule has 0 atom stereocenters. The van der Waals surface area contributed by atoms with Crippen molar-refractivity contribution in [2.75, 3.05) is 13.2 Å². The summed E-state index contributed by atoms with van der Waals surface area (Å²) in [5.74, 6) is -3.78. The van der Waals surface area contributed by atoms with Crippen LogP contribution in [0.1, 0.15) is 37.7 Å². The van der Waals surface area contributed by atoms with Gasteiger partial charge < -0.3 is 10.4 Å². The molecule has 0 spiro atoms. The molecule has 1 saturated carbocycles. The Morgan fingerprint density at radius 3 is 2.20 bits per heavy atom. The van der Waals surface area contributed by atoms with Gasteiger partial charge in [-0.25, -0.2) is 13.2 Å². The van der Waals surface area contributed by atoms with E-state index >= 15 is 0 Å². The lowest BCUT2D eigenvalue weighted by Gasteiger charge is -2.35. The van der Waals surface area contributed by atoms with Gasteiger partial charge >= 0.3 is 0 Å². The molecule has 0 saturated heterocycles. The van der Waals surface area contributed by atoms with Crippen LogP contribution in [0.15, 0.2) is 12.1 Å². The quantitative estimate of drug-likeness (QED) is 0.815. The topological polar surface area (TPSA) is 32.3 Å². The van der Waals surface area contributed by atoms with E-state index in [1.165, 1.54) is 6.42 Å². The fourth-order valence-corrected chi connectivity index (χ4v) is 2.87. The molecule has 1 aromatic rings. The first-order valence-electron chi connectivity index (χ1n) is 7.01. The number of halogens is 3. The molecule has 5 heteroatoms. The zero-order chi connectivity index (χ0) is 14.6. The van der Waals surface area contributed by atoms with Gasteiger partial charge in [0.2, 0.25) is 0 Å². The molecule has 1 aliphatic carbocycles. The van der Waals surface area contributed by atoms with Crippen LogP contribution in [0.3, 0.4) is 0 Å². The molecule has 2 rings (SSSR count). The number of nitrogens with one attached hydrogen (secondary N) is 1. The minimum absolute atomic E-state index is 0.117. The van der Waals surface area contributed by atoms with E-state index in [0.717, 1.165) is 37.8 Å². The maximum Gasteiger partial charge on any atom is 0.194 e. The van der Waals surface area contributed by atoms with E-state index in [4.69, 9.17) is 0 Å². The Balaban J connectivity index is 1.92. The first-order chi connectivity index (χ1) is 9.56. The predicted octanol–water partition coefficient (Wildman–Crippen LogP) is 3.14. The van der Waals surface area contributed by atoms with E-state index in [1.807, 2.05) is 0 Å². The zero-order valence-electron chi connectivity index (χ0n) is 11.4. The van der Waals surface area contributed by atoms with Gasteiger partial charge in [0, 0.05) is 25.1 Å². The average molecular weight is 287 g/mol. The molecule has 20 heavy (non-hydrogen) atoms. The smallest absolute Gasteiger partial charge is 0.194 e. The SMILES string of the molecule is OCC1(CNCc2cc(F)c(F)c(F)c2)CCCCC1. The fraction of sp³-hybridized carbons (Fsp3) is 0.600. The van der Waals surface area contributed by atoms with Gasteiger partial charge in [-0.2, -0.15) is 0 Å². The number of hydrogen-bond acceptors (Lipinski definition) is 2. The average Bonchev–Trinajstić information content (AvgIpc) is 2.45. The molecule has 1 aliphatic rings. The molecule has 112 valence electrons. The van der Waals surface area contributed by atoms with E-state index < -0.39 is 17.5 Å². The first-order valence-corrected chi connectivity index (χ1v) is 7.01. The van der Waals surface area contributed by atoms with Crippen LogP contribution in [0.2, 0.25) is 0 Å².